The summed E-state index contributed by atoms with van der Waals surface area (Å²) < 4.78 is 0. The highest BCUT2D eigenvalue weighted by molar-refractivity contribution is 5.81. The van der Waals surface area contributed by atoms with Crippen LogP contribution < -0.4 is 5.01 Å². The van der Waals surface area contributed by atoms with Gasteiger partial charge < -0.3 is 5.11 Å². The second-order valence-electron chi connectivity index (χ2n) is 9.50. The summed E-state index contributed by atoms with van der Waals surface area (Å²) in [5.74, 6) is 1.66. The van der Waals surface area contributed by atoms with Crippen molar-refractivity contribution in [3.05, 3.63) is 72.1 Å². The number of allylic oxidation sites excluding steroid dienone is 1. The minimum absolute atomic E-state index is 0.0326. The Labute approximate surface area is 172 Å². The summed E-state index contributed by atoms with van der Waals surface area (Å²) in [6, 6.07) is 14.2. The lowest BCUT2D eigenvalue weighted by Crippen LogP contribution is -2.39. The normalized spacial score (nSPS) is 37.5. The predicted molar refractivity (Wildman–Crippen MR) is 114 cm³/mol. The molecule has 1 aliphatic heterocycles. The third-order valence-corrected chi connectivity index (χ3v) is 8.19. The first-order chi connectivity index (χ1) is 14.1. The first-order valence-electron chi connectivity index (χ1n) is 10.8. The maximum Gasteiger partial charge on any atom is 0.0934 e. The molecule has 4 aliphatic rings. The van der Waals surface area contributed by atoms with Crippen LogP contribution >= 0.6 is 0 Å². The number of fused-ring (bicyclic) bond motifs is 2. The van der Waals surface area contributed by atoms with E-state index in [1.807, 2.05) is 48.8 Å². The van der Waals surface area contributed by atoms with E-state index < -0.39 is 0 Å². The molecule has 29 heavy (non-hydrogen) atoms. The zero-order chi connectivity index (χ0) is 19.6. The SMILES string of the molecule is CC12CC3C4C=NN(c5cccnc5)C43C=C1CCC2CC(O)c1ccccc1. The molecular formula is C25H27N3O. The first-order valence-corrected chi connectivity index (χ1v) is 10.8. The van der Waals surface area contributed by atoms with Gasteiger partial charge in [0.05, 0.1) is 23.5 Å². The zero-order valence-electron chi connectivity index (χ0n) is 16.8. The van der Waals surface area contributed by atoms with Crippen molar-refractivity contribution in [1.29, 1.82) is 0 Å². The summed E-state index contributed by atoms with van der Waals surface area (Å²) >= 11 is 0. The Balaban J connectivity index is 1.28. The first kappa shape index (κ1) is 17.4. The van der Waals surface area contributed by atoms with Crippen molar-refractivity contribution in [2.75, 3.05) is 5.01 Å². The lowest BCUT2D eigenvalue weighted by atomic mass is 9.67. The molecule has 3 aliphatic carbocycles. The molecule has 1 N–H and O–H groups in total. The average molecular weight is 386 g/mol. The van der Waals surface area contributed by atoms with Gasteiger partial charge in [0.15, 0.2) is 0 Å². The standard InChI is InChI=1S/C25H27N3O/c1-24-14-21-22-16-27-28(20-8-5-11-26-15-20)25(21,22)13-19(24)10-9-18(24)12-23(29)17-6-3-2-4-7-17/h2-8,11,13,15-16,18,21-23,29H,9-10,12,14H2,1H3. The fraction of sp³-hybridized carbons (Fsp3) is 0.440. The van der Waals surface area contributed by atoms with E-state index in [1.165, 1.54) is 12.8 Å². The van der Waals surface area contributed by atoms with E-state index in [9.17, 15) is 5.11 Å². The minimum atomic E-state index is -0.375. The maximum absolute atomic E-state index is 10.9. The Bertz CT molecular complexity index is 988. The van der Waals surface area contributed by atoms with Crippen LogP contribution in [0, 0.1) is 23.2 Å². The van der Waals surface area contributed by atoms with E-state index in [0.29, 0.717) is 17.8 Å². The molecule has 6 rings (SSSR count). The number of hydrazone groups is 1. The largest absolute Gasteiger partial charge is 0.388 e. The number of aromatic nitrogens is 1. The molecular weight excluding hydrogens is 358 g/mol. The van der Waals surface area contributed by atoms with E-state index >= 15 is 0 Å². The number of benzene rings is 1. The molecule has 0 saturated heterocycles. The number of aliphatic hydroxyl groups is 1. The van der Waals surface area contributed by atoms with Gasteiger partial charge in [-0.05, 0) is 60.6 Å². The Morgan fingerprint density at radius 3 is 2.86 bits per heavy atom. The number of nitrogens with zero attached hydrogens (tertiary/aromatic N) is 3. The van der Waals surface area contributed by atoms with Crippen molar-refractivity contribution >= 4 is 11.9 Å². The molecule has 2 heterocycles. The molecule has 4 nitrogen and oxygen atoms in total. The number of aliphatic hydroxyl groups excluding tert-OH is 1. The number of hydrogen-bond acceptors (Lipinski definition) is 4. The van der Waals surface area contributed by atoms with E-state index in [2.05, 4.69) is 35.3 Å². The van der Waals surface area contributed by atoms with Gasteiger partial charge in [0.2, 0.25) is 0 Å². The van der Waals surface area contributed by atoms with Crippen LogP contribution in [0.25, 0.3) is 0 Å². The van der Waals surface area contributed by atoms with Crippen LogP contribution in [0.15, 0.2) is 71.6 Å². The van der Waals surface area contributed by atoms with E-state index in [0.717, 1.165) is 24.1 Å². The van der Waals surface area contributed by atoms with Crippen LogP contribution in [0.1, 0.15) is 44.3 Å². The molecule has 4 heteroatoms. The highest BCUT2D eigenvalue weighted by atomic mass is 16.3. The van der Waals surface area contributed by atoms with Crippen molar-refractivity contribution in [2.45, 2.75) is 44.2 Å². The van der Waals surface area contributed by atoms with Crippen molar-refractivity contribution in [3.8, 4) is 0 Å². The topological polar surface area (TPSA) is 48.7 Å². The second kappa shape index (κ2) is 6.02. The van der Waals surface area contributed by atoms with Crippen LogP contribution in [0.5, 0.6) is 0 Å². The van der Waals surface area contributed by atoms with Gasteiger partial charge in [-0.15, -0.1) is 0 Å². The molecule has 6 atom stereocenters. The van der Waals surface area contributed by atoms with Gasteiger partial charge in [0.1, 0.15) is 0 Å². The smallest absolute Gasteiger partial charge is 0.0934 e. The van der Waals surface area contributed by atoms with Crippen molar-refractivity contribution in [2.24, 2.45) is 28.3 Å². The van der Waals surface area contributed by atoms with Gasteiger partial charge in [0, 0.05) is 18.3 Å². The maximum atomic E-state index is 10.9. The second-order valence-corrected chi connectivity index (χ2v) is 9.50. The van der Waals surface area contributed by atoms with E-state index in [-0.39, 0.29) is 17.1 Å². The van der Waals surface area contributed by atoms with Gasteiger partial charge in [-0.3, -0.25) is 9.99 Å². The molecule has 2 fully saturated rings. The fourth-order valence-corrected chi connectivity index (χ4v) is 6.51. The number of rotatable bonds is 4. The highest BCUT2D eigenvalue weighted by Crippen LogP contribution is 2.70. The van der Waals surface area contributed by atoms with Crippen LogP contribution in [-0.2, 0) is 0 Å². The molecule has 0 bridgehead atoms. The van der Waals surface area contributed by atoms with Gasteiger partial charge in [-0.1, -0.05) is 48.9 Å². The highest BCUT2D eigenvalue weighted by Gasteiger charge is 2.73. The summed E-state index contributed by atoms with van der Waals surface area (Å²) in [6.45, 7) is 2.45. The van der Waals surface area contributed by atoms with E-state index in [4.69, 9.17) is 5.10 Å². The monoisotopic (exact) mass is 385 g/mol. The molecule has 1 aromatic carbocycles. The molecule has 1 spiro atoms. The summed E-state index contributed by atoms with van der Waals surface area (Å²) in [4.78, 5) is 4.31. The Morgan fingerprint density at radius 2 is 2.07 bits per heavy atom. The summed E-state index contributed by atoms with van der Waals surface area (Å²) in [7, 11) is 0. The van der Waals surface area contributed by atoms with Crippen molar-refractivity contribution in [3.63, 3.8) is 0 Å². The fourth-order valence-electron chi connectivity index (χ4n) is 6.51. The summed E-state index contributed by atoms with van der Waals surface area (Å²) in [5.41, 5.74) is 3.94. The van der Waals surface area contributed by atoms with Crippen molar-refractivity contribution < 1.29 is 5.11 Å². The Kier molecular flexibility index (Phi) is 3.61. The molecule has 1 aromatic heterocycles. The Hall–Kier alpha value is -2.46. The summed E-state index contributed by atoms with van der Waals surface area (Å²) in [5, 5.41) is 17.8. The molecule has 2 aromatic rings. The molecule has 2 saturated carbocycles. The van der Waals surface area contributed by atoms with Gasteiger partial charge in [-0.2, -0.15) is 5.10 Å². The third kappa shape index (κ3) is 2.35. The van der Waals surface area contributed by atoms with E-state index in [1.54, 1.807) is 5.57 Å². The van der Waals surface area contributed by atoms with Crippen LogP contribution in [-0.4, -0.2) is 21.8 Å². The molecule has 148 valence electrons. The quantitative estimate of drug-likeness (QED) is 0.773. The van der Waals surface area contributed by atoms with Crippen LogP contribution in [0.4, 0.5) is 5.69 Å². The van der Waals surface area contributed by atoms with Gasteiger partial charge in [0.25, 0.3) is 0 Å². The average Bonchev–Trinajstić information content (AvgIpc) is 3.04. The summed E-state index contributed by atoms with van der Waals surface area (Å²) in [6.07, 6.45) is 12.4. The minimum Gasteiger partial charge on any atom is -0.388 e. The lowest BCUT2D eigenvalue weighted by molar-refractivity contribution is 0.104. The van der Waals surface area contributed by atoms with Gasteiger partial charge >= 0.3 is 0 Å². The van der Waals surface area contributed by atoms with Crippen LogP contribution in [0.3, 0.4) is 0 Å². The van der Waals surface area contributed by atoms with Crippen LogP contribution in [0.2, 0.25) is 0 Å². The molecule has 0 amide bonds. The number of hydrogen-bond donors (Lipinski definition) is 1. The number of anilines is 1. The predicted octanol–water partition coefficient (Wildman–Crippen LogP) is 4.74. The number of pyridine rings is 1. The van der Waals surface area contributed by atoms with Crippen molar-refractivity contribution in [1.82, 2.24) is 4.98 Å². The molecule has 6 unspecified atom stereocenters. The third-order valence-electron chi connectivity index (χ3n) is 8.19. The Morgan fingerprint density at radius 1 is 1.21 bits per heavy atom. The zero-order valence-corrected chi connectivity index (χ0v) is 16.8. The lowest BCUT2D eigenvalue weighted by Gasteiger charge is -2.40. The molecule has 0 radical (unpaired) electrons. The van der Waals surface area contributed by atoms with Gasteiger partial charge in [-0.25, -0.2) is 0 Å².